The molecule has 2 aliphatic rings. The van der Waals surface area contributed by atoms with Crippen LogP contribution >= 0.6 is 11.6 Å². The Kier molecular flexibility index (Phi) is 6.38. The number of rotatable bonds is 5. The van der Waals surface area contributed by atoms with Crippen molar-refractivity contribution in [3.05, 3.63) is 64.2 Å². The average Bonchev–Trinajstić information content (AvgIpc) is 2.74. The Balaban J connectivity index is 1.68. The molecule has 0 radical (unpaired) electrons. The predicted molar refractivity (Wildman–Crippen MR) is 126 cm³/mol. The summed E-state index contributed by atoms with van der Waals surface area (Å²) in [5.41, 5.74) is 3.75. The number of benzene rings is 2. The van der Waals surface area contributed by atoms with Gasteiger partial charge in [-0.2, -0.15) is 0 Å². The molecule has 1 N–H and O–H groups in total. The highest BCUT2D eigenvalue weighted by molar-refractivity contribution is 6.34. The van der Waals surface area contributed by atoms with Gasteiger partial charge in [0, 0.05) is 31.3 Å². The third-order valence-electron chi connectivity index (χ3n) is 6.63. The number of hydrogen-bond acceptors (Lipinski definition) is 2. The lowest BCUT2D eigenvalue weighted by molar-refractivity contribution is -0.132. The van der Waals surface area contributed by atoms with Crippen LogP contribution in [-0.2, 0) is 21.4 Å². The lowest BCUT2D eigenvalue weighted by Gasteiger charge is -2.34. The zero-order chi connectivity index (χ0) is 22.0. The highest BCUT2D eigenvalue weighted by Crippen LogP contribution is 2.43. The molecule has 0 spiro atoms. The minimum atomic E-state index is -0.300. The van der Waals surface area contributed by atoms with Gasteiger partial charge in [0.25, 0.3) is 0 Å². The first-order valence-corrected chi connectivity index (χ1v) is 11.7. The number of anilines is 1. The summed E-state index contributed by atoms with van der Waals surface area (Å²) in [6, 6.07) is 14.4. The van der Waals surface area contributed by atoms with E-state index in [0.717, 1.165) is 43.5 Å². The number of carbonyl (C=O) groups is 2. The number of fused-ring (bicyclic) bond motifs is 1. The molecular formula is C26H31ClN2O2. The van der Waals surface area contributed by atoms with E-state index in [1.54, 1.807) is 0 Å². The average molecular weight is 439 g/mol. The van der Waals surface area contributed by atoms with Crippen molar-refractivity contribution in [1.29, 1.82) is 0 Å². The molecule has 2 heterocycles. The molecule has 0 bridgehead atoms. The van der Waals surface area contributed by atoms with Gasteiger partial charge in [-0.15, -0.1) is 0 Å². The summed E-state index contributed by atoms with van der Waals surface area (Å²) in [5.74, 6) is 0.253. The Morgan fingerprint density at radius 2 is 1.84 bits per heavy atom. The van der Waals surface area contributed by atoms with Crippen LogP contribution in [0.3, 0.4) is 0 Å². The largest absolute Gasteiger partial charge is 0.343 e. The van der Waals surface area contributed by atoms with E-state index in [1.807, 2.05) is 29.2 Å². The van der Waals surface area contributed by atoms with Crippen molar-refractivity contribution < 1.29 is 9.59 Å². The zero-order valence-corrected chi connectivity index (χ0v) is 19.2. The third-order valence-corrected chi connectivity index (χ3v) is 6.93. The standard InChI is InChI=1S/C26H31ClN2O2/c1-26(2)17-23(30)28-25-21(26)14-20(15-22(25)27)19(13-18-9-5-3-6-10-18)16-24(31)29-11-7-4-8-12-29/h3,5-6,9-10,14-15,19H,4,7-8,11-13,16-17H2,1-2H3,(H,28,30)/t19-/m0/s1. The summed E-state index contributed by atoms with van der Waals surface area (Å²) in [6.45, 7) is 5.88. The minimum Gasteiger partial charge on any atom is -0.343 e. The van der Waals surface area contributed by atoms with Crippen LogP contribution in [0, 0.1) is 0 Å². The highest BCUT2D eigenvalue weighted by atomic mass is 35.5. The summed E-state index contributed by atoms with van der Waals surface area (Å²) in [4.78, 5) is 27.3. The van der Waals surface area contributed by atoms with Gasteiger partial charge in [0.15, 0.2) is 0 Å². The highest BCUT2D eigenvalue weighted by Gasteiger charge is 2.34. The van der Waals surface area contributed by atoms with E-state index >= 15 is 0 Å². The molecule has 1 saturated heterocycles. The predicted octanol–water partition coefficient (Wildman–Crippen LogP) is 5.69. The first-order valence-electron chi connectivity index (χ1n) is 11.3. The van der Waals surface area contributed by atoms with Gasteiger partial charge in [0.1, 0.15) is 0 Å². The van der Waals surface area contributed by atoms with E-state index in [9.17, 15) is 9.59 Å². The van der Waals surface area contributed by atoms with Crippen molar-refractivity contribution in [2.45, 2.75) is 63.7 Å². The van der Waals surface area contributed by atoms with Gasteiger partial charge in [-0.1, -0.05) is 61.8 Å². The van der Waals surface area contributed by atoms with Crippen LogP contribution in [-0.4, -0.2) is 29.8 Å². The van der Waals surface area contributed by atoms with Crippen LogP contribution in [0.25, 0.3) is 0 Å². The fourth-order valence-corrected chi connectivity index (χ4v) is 5.17. The topological polar surface area (TPSA) is 49.4 Å². The summed E-state index contributed by atoms with van der Waals surface area (Å²) in [7, 11) is 0. The second kappa shape index (κ2) is 9.04. The second-order valence-electron chi connectivity index (χ2n) is 9.57. The van der Waals surface area contributed by atoms with E-state index in [4.69, 9.17) is 11.6 Å². The van der Waals surface area contributed by atoms with E-state index in [2.05, 4.69) is 37.4 Å². The van der Waals surface area contributed by atoms with Crippen LogP contribution in [0.1, 0.15) is 68.6 Å². The number of halogens is 1. The third kappa shape index (κ3) is 4.95. The molecule has 0 saturated carbocycles. The van der Waals surface area contributed by atoms with Gasteiger partial charge in [-0.3, -0.25) is 9.59 Å². The SMILES string of the molecule is CC1(C)CC(=O)Nc2c(Cl)cc([C@H](CC(=O)N3CCCCC3)Cc3ccccc3)cc21. The quantitative estimate of drug-likeness (QED) is 0.651. The summed E-state index contributed by atoms with van der Waals surface area (Å²) >= 11 is 6.66. The Morgan fingerprint density at radius 1 is 1.13 bits per heavy atom. The number of amides is 2. The second-order valence-corrected chi connectivity index (χ2v) is 9.97. The smallest absolute Gasteiger partial charge is 0.225 e. The molecule has 1 fully saturated rings. The fourth-order valence-electron chi connectivity index (χ4n) is 4.89. The van der Waals surface area contributed by atoms with E-state index in [1.165, 1.54) is 12.0 Å². The lowest BCUT2D eigenvalue weighted by atomic mass is 9.76. The minimum absolute atomic E-state index is 0.00624. The Hall–Kier alpha value is -2.33. The number of nitrogens with one attached hydrogen (secondary N) is 1. The molecule has 2 amide bonds. The molecule has 164 valence electrons. The molecule has 2 aromatic rings. The van der Waals surface area contributed by atoms with Crippen molar-refractivity contribution in [3.8, 4) is 0 Å². The molecule has 4 nitrogen and oxygen atoms in total. The van der Waals surface area contributed by atoms with Crippen LogP contribution < -0.4 is 5.32 Å². The molecule has 5 heteroatoms. The molecule has 2 aromatic carbocycles. The molecule has 1 atom stereocenters. The van der Waals surface area contributed by atoms with Gasteiger partial charge in [-0.25, -0.2) is 0 Å². The van der Waals surface area contributed by atoms with Gasteiger partial charge >= 0.3 is 0 Å². The van der Waals surface area contributed by atoms with Crippen molar-refractivity contribution in [1.82, 2.24) is 4.90 Å². The van der Waals surface area contributed by atoms with Gasteiger partial charge in [0.05, 0.1) is 10.7 Å². The Morgan fingerprint density at radius 3 is 2.55 bits per heavy atom. The van der Waals surface area contributed by atoms with Crippen LogP contribution in [0.5, 0.6) is 0 Å². The zero-order valence-electron chi connectivity index (χ0n) is 18.4. The van der Waals surface area contributed by atoms with E-state index in [0.29, 0.717) is 23.6 Å². The van der Waals surface area contributed by atoms with Crippen molar-refractivity contribution in [2.24, 2.45) is 0 Å². The molecule has 0 unspecified atom stereocenters. The van der Waals surface area contributed by atoms with Gasteiger partial charge in [-0.05, 0) is 54.4 Å². The number of nitrogens with zero attached hydrogens (tertiary/aromatic N) is 1. The van der Waals surface area contributed by atoms with Crippen molar-refractivity contribution in [2.75, 3.05) is 18.4 Å². The van der Waals surface area contributed by atoms with E-state index in [-0.39, 0.29) is 23.1 Å². The maximum atomic E-state index is 13.2. The number of likely N-dealkylation sites (tertiary alicyclic amines) is 1. The summed E-state index contributed by atoms with van der Waals surface area (Å²) in [5, 5.41) is 3.50. The van der Waals surface area contributed by atoms with E-state index < -0.39 is 0 Å². The molecule has 4 rings (SSSR count). The van der Waals surface area contributed by atoms with Gasteiger partial charge in [0.2, 0.25) is 11.8 Å². The Labute approximate surface area is 190 Å². The maximum absolute atomic E-state index is 13.2. The van der Waals surface area contributed by atoms with Crippen molar-refractivity contribution in [3.63, 3.8) is 0 Å². The molecule has 0 aliphatic carbocycles. The molecular weight excluding hydrogens is 408 g/mol. The lowest BCUT2D eigenvalue weighted by Crippen LogP contribution is -2.36. The first-order chi connectivity index (χ1) is 14.8. The summed E-state index contributed by atoms with van der Waals surface area (Å²) < 4.78 is 0. The number of hydrogen-bond donors (Lipinski definition) is 1. The molecule has 0 aromatic heterocycles. The molecule has 31 heavy (non-hydrogen) atoms. The fraction of sp³-hybridized carbons (Fsp3) is 0.462. The number of piperidine rings is 1. The van der Waals surface area contributed by atoms with Gasteiger partial charge < -0.3 is 10.2 Å². The summed E-state index contributed by atoms with van der Waals surface area (Å²) in [6.07, 6.45) is 5.06. The Bertz CT molecular complexity index is 965. The first kappa shape index (κ1) is 21.9. The molecule has 2 aliphatic heterocycles. The van der Waals surface area contributed by atoms with Crippen LogP contribution in [0.15, 0.2) is 42.5 Å². The monoisotopic (exact) mass is 438 g/mol. The maximum Gasteiger partial charge on any atom is 0.225 e. The van der Waals surface area contributed by atoms with Crippen LogP contribution in [0.2, 0.25) is 5.02 Å². The number of carbonyl (C=O) groups excluding carboxylic acids is 2. The normalized spacial score (nSPS) is 18.8. The van der Waals surface area contributed by atoms with Crippen LogP contribution in [0.4, 0.5) is 5.69 Å². The van der Waals surface area contributed by atoms with Crippen molar-refractivity contribution >= 4 is 29.1 Å².